The Morgan fingerprint density at radius 2 is 1.63 bits per heavy atom. The van der Waals surface area contributed by atoms with Crippen LogP contribution in [0.5, 0.6) is 11.5 Å². The molecule has 0 aliphatic rings. The molecule has 0 aliphatic carbocycles. The summed E-state index contributed by atoms with van der Waals surface area (Å²) in [5, 5.41) is 0. The van der Waals surface area contributed by atoms with Gasteiger partial charge >= 0.3 is 0 Å². The van der Waals surface area contributed by atoms with Crippen molar-refractivity contribution in [3.8, 4) is 11.5 Å². The number of aromatic amines is 1. The van der Waals surface area contributed by atoms with Gasteiger partial charge < -0.3 is 14.5 Å². The third-order valence-electron chi connectivity index (χ3n) is 4.20. The highest BCUT2D eigenvalue weighted by molar-refractivity contribution is 14.1. The lowest BCUT2D eigenvalue weighted by molar-refractivity contribution is 0.105. The summed E-state index contributed by atoms with van der Waals surface area (Å²) in [7, 11) is 0. The number of hydrogen-bond donors (Lipinski definition) is 1. The summed E-state index contributed by atoms with van der Waals surface area (Å²) in [6, 6.07) is 16.0. The molecule has 3 aromatic rings. The van der Waals surface area contributed by atoms with Gasteiger partial charge in [-0.25, -0.2) is 0 Å². The van der Waals surface area contributed by atoms with Crippen LogP contribution in [0.15, 0.2) is 53.3 Å². The lowest BCUT2D eigenvalue weighted by Crippen LogP contribution is -2.16. The van der Waals surface area contributed by atoms with Crippen LogP contribution in [0.1, 0.15) is 27.9 Å². The molecule has 0 amide bonds. The third-order valence-corrected chi connectivity index (χ3v) is 5.18. The van der Waals surface area contributed by atoms with Crippen molar-refractivity contribution in [2.24, 2.45) is 0 Å². The van der Waals surface area contributed by atoms with Gasteiger partial charge in [-0.05, 0) is 72.2 Å². The lowest BCUT2D eigenvalue weighted by atomic mass is 10.1. The van der Waals surface area contributed by atoms with Crippen LogP contribution < -0.4 is 10.3 Å². The zero-order valence-electron chi connectivity index (χ0n) is 15.6. The van der Waals surface area contributed by atoms with Gasteiger partial charge in [-0.1, -0.05) is 36.4 Å². The second-order valence-corrected chi connectivity index (χ2v) is 7.68. The summed E-state index contributed by atoms with van der Waals surface area (Å²) in [6.07, 6.45) is 0. The van der Waals surface area contributed by atoms with E-state index in [0.29, 0.717) is 22.5 Å². The molecule has 4 nitrogen and oxygen atoms in total. The topological polar surface area (TPSA) is 51.3 Å². The Kier molecular flexibility index (Phi) is 6.34. The van der Waals surface area contributed by atoms with E-state index in [-0.39, 0.29) is 5.56 Å². The molecule has 140 valence electrons. The van der Waals surface area contributed by atoms with E-state index in [2.05, 4.69) is 11.1 Å². The summed E-state index contributed by atoms with van der Waals surface area (Å²) in [5.41, 5.74) is 4.79. The van der Waals surface area contributed by atoms with Gasteiger partial charge in [0.2, 0.25) is 0 Å². The second kappa shape index (κ2) is 8.71. The Bertz CT molecular complexity index is 976. The number of pyridine rings is 1. The van der Waals surface area contributed by atoms with Crippen LogP contribution in [-0.4, -0.2) is 4.98 Å². The molecule has 0 saturated carbocycles. The first-order valence-corrected chi connectivity index (χ1v) is 9.81. The van der Waals surface area contributed by atoms with Crippen LogP contribution in [0.3, 0.4) is 0 Å². The van der Waals surface area contributed by atoms with E-state index < -0.39 is 0 Å². The minimum absolute atomic E-state index is 0.153. The SMILES string of the molecule is Cc1cc(C)cc(Oc2c(COCc3ccccc3)c(C)[nH]c(=O)c2I)c1. The highest BCUT2D eigenvalue weighted by atomic mass is 127. The smallest absolute Gasteiger partial charge is 0.265 e. The van der Waals surface area contributed by atoms with Gasteiger partial charge in [0.1, 0.15) is 9.32 Å². The maximum Gasteiger partial charge on any atom is 0.265 e. The maximum atomic E-state index is 12.2. The zero-order valence-corrected chi connectivity index (χ0v) is 17.8. The van der Waals surface area contributed by atoms with Crippen LogP contribution in [-0.2, 0) is 18.0 Å². The zero-order chi connectivity index (χ0) is 19.4. The molecule has 0 fully saturated rings. The summed E-state index contributed by atoms with van der Waals surface area (Å²) < 4.78 is 12.6. The number of halogens is 1. The molecule has 0 atom stereocenters. The summed E-state index contributed by atoms with van der Waals surface area (Å²) in [6.45, 7) is 6.77. The summed E-state index contributed by atoms with van der Waals surface area (Å²) in [4.78, 5) is 15.1. The van der Waals surface area contributed by atoms with Crippen molar-refractivity contribution >= 4 is 22.6 Å². The number of ether oxygens (including phenoxy) is 2. The first kappa shape index (κ1) is 19.6. The van der Waals surface area contributed by atoms with Crippen molar-refractivity contribution in [3.63, 3.8) is 0 Å². The van der Waals surface area contributed by atoms with Gasteiger partial charge in [-0.15, -0.1) is 0 Å². The van der Waals surface area contributed by atoms with Gasteiger partial charge in [0, 0.05) is 11.3 Å². The highest BCUT2D eigenvalue weighted by Crippen LogP contribution is 2.31. The quantitative estimate of drug-likeness (QED) is 0.485. The van der Waals surface area contributed by atoms with E-state index in [0.717, 1.165) is 33.7 Å². The van der Waals surface area contributed by atoms with E-state index in [1.165, 1.54) is 0 Å². The number of hydrogen-bond acceptors (Lipinski definition) is 3. The molecule has 0 spiro atoms. The van der Waals surface area contributed by atoms with Crippen molar-refractivity contribution in [1.82, 2.24) is 4.98 Å². The maximum absolute atomic E-state index is 12.2. The normalized spacial score (nSPS) is 10.8. The minimum Gasteiger partial charge on any atom is -0.456 e. The summed E-state index contributed by atoms with van der Waals surface area (Å²) in [5.74, 6) is 1.29. The fourth-order valence-corrected chi connectivity index (χ4v) is 3.51. The van der Waals surface area contributed by atoms with E-state index in [1.807, 2.05) is 85.8 Å². The first-order valence-electron chi connectivity index (χ1n) is 8.73. The Morgan fingerprint density at radius 3 is 2.30 bits per heavy atom. The van der Waals surface area contributed by atoms with Crippen molar-refractivity contribution in [3.05, 3.63) is 90.4 Å². The van der Waals surface area contributed by atoms with E-state index in [1.54, 1.807) is 0 Å². The van der Waals surface area contributed by atoms with Crippen LogP contribution >= 0.6 is 22.6 Å². The standard InChI is InChI=1S/C22H22INO3/c1-14-9-15(2)11-18(10-14)27-21-19(16(3)24-22(25)20(21)23)13-26-12-17-7-5-4-6-8-17/h4-11H,12-13H2,1-3H3,(H,24,25). The van der Waals surface area contributed by atoms with Crippen molar-refractivity contribution < 1.29 is 9.47 Å². The predicted molar refractivity (Wildman–Crippen MR) is 115 cm³/mol. The second-order valence-electron chi connectivity index (χ2n) is 6.60. The Labute approximate surface area is 172 Å². The molecule has 5 heteroatoms. The Morgan fingerprint density at radius 1 is 0.963 bits per heavy atom. The fraction of sp³-hybridized carbons (Fsp3) is 0.227. The number of aromatic nitrogens is 1. The summed E-state index contributed by atoms with van der Waals surface area (Å²) >= 11 is 2.03. The first-order chi connectivity index (χ1) is 12.9. The van der Waals surface area contributed by atoms with Gasteiger partial charge in [-0.3, -0.25) is 4.79 Å². The van der Waals surface area contributed by atoms with E-state index >= 15 is 0 Å². The van der Waals surface area contributed by atoms with Crippen LogP contribution in [0.2, 0.25) is 0 Å². The monoisotopic (exact) mass is 475 g/mol. The average molecular weight is 475 g/mol. The highest BCUT2D eigenvalue weighted by Gasteiger charge is 2.17. The average Bonchev–Trinajstić information content (AvgIpc) is 2.62. The molecule has 1 N–H and O–H groups in total. The molecular weight excluding hydrogens is 453 g/mol. The van der Waals surface area contributed by atoms with Crippen molar-refractivity contribution in [2.75, 3.05) is 0 Å². The molecule has 0 radical (unpaired) electrons. The number of H-pyrrole nitrogens is 1. The molecule has 0 unspecified atom stereocenters. The molecule has 0 bridgehead atoms. The van der Waals surface area contributed by atoms with Crippen LogP contribution in [0.25, 0.3) is 0 Å². The van der Waals surface area contributed by atoms with Crippen LogP contribution in [0, 0.1) is 24.3 Å². The van der Waals surface area contributed by atoms with Crippen molar-refractivity contribution in [2.45, 2.75) is 34.0 Å². The fourth-order valence-electron chi connectivity index (χ4n) is 2.94. The Hall–Kier alpha value is -2.12. The third kappa shape index (κ3) is 4.99. The van der Waals surface area contributed by atoms with Gasteiger partial charge in [0.25, 0.3) is 5.56 Å². The van der Waals surface area contributed by atoms with Gasteiger partial charge in [-0.2, -0.15) is 0 Å². The van der Waals surface area contributed by atoms with Crippen LogP contribution in [0.4, 0.5) is 0 Å². The number of benzene rings is 2. The predicted octanol–water partition coefficient (Wildman–Crippen LogP) is 5.41. The molecule has 0 saturated heterocycles. The molecule has 2 aromatic carbocycles. The molecule has 27 heavy (non-hydrogen) atoms. The largest absolute Gasteiger partial charge is 0.456 e. The minimum atomic E-state index is -0.153. The molecule has 3 rings (SSSR count). The molecule has 1 aromatic heterocycles. The molecular formula is C22H22INO3. The number of nitrogens with one attached hydrogen (secondary N) is 1. The van der Waals surface area contributed by atoms with Crippen molar-refractivity contribution in [1.29, 1.82) is 0 Å². The number of rotatable bonds is 6. The van der Waals surface area contributed by atoms with Gasteiger partial charge in [0.15, 0.2) is 5.75 Å². The Balaban J connectivity index is 1.88. The molecule has 0 aliphatic heterocycles. The number of aryl methyl sites for hydroxylation is 3. The molecule has 1 heterocycles. The van der Waals surface area contributed by atoms with Gasteiger partial charge in [0.05, 0.1) is 13.2 Å². The van der Waals surface area contributed by atoms with E-state index in [4.69, 9.17) is 9.47 Å². The van der Waals surface area contributed by atoms with E-state index in [9.17, 15) is 4.79 Å². The lowest BCUT2D eigenvalue weighted by Gasteiger charge is -2.16.